The minimum absolute atomic E-state index is 0.434. The molecule has 3 aromatic carbocycles. The molecule has 0 fully saturated rings. The van der Waals surface area contributed by atoms with Gasteiger partial charge in [0.1, 0.15) is 5.70 Å². The van der Waals surface area contributed by atoms with E-state index < -0.39 is 0 Å². The molecular formula is C26H20N4O. The van der Waals surface area contributed by atoms with Crippen LogP contribution in [0.4, 0.5) is 0 Å². The summed E-state index contributed by atoms with van der Waals surface area (Å²) in [7, 11) is 1.73. The number of aryl methyl sites for hydroxylation is 1. The molecule has 31 heavy (non-hydrogen) atoms. The molecule has 2 heterocycles. The molecule has 0 radical (unpaired) electrons. The standard InChI is InChI=1S/C26H20N4O/c1-17-7-9-18(10-8-17)19-13-28-26-24(14-29-30(26)15-19)22-11-12-23(25(16-31)27-2)21-6-4-3-5-20(21)22/h3-15,27H,1-2H3. The van der Waals surface area contributed by atoms with Crippen molar-refractivity contribution in [2.45, 2.75) is 6.92 Å². The molecule has 0 aliphatic carbocycles. The van der Waals surface area contributed by atoms with Crippen molar-refractivity contribution in [2.24, 2.45) is 0 Å². The number of nitrogens with one attached hydrogen (secondary N) is 1. The summed E-state index contributed by atoms with van der Waals surface area (Å²) in [5.41, 5.74) is 7.34. The molecule has 0 bridgehead atoms. The highest BCUT2D eigenvalue weighted by atomic mass is 16.1. The van der Waals surface area contributed by atoms with Gasteiger partial charge in [-0.25, -0.2) is 14.3 Å². The largest absolute Gasteiger partial charge is 0.379 e. The summed E-state index contributed by atoms with van der Waals surface area (Å²) in [6.07, 6.45) is 5.73. The number of carbonyl (C=O) groups excluding carboxylic acids is 1. The third-order valence-electron chi connectivity index (χ3n) is 5.58. The molecule has 0 saturated heterocycles. The Hall–Kier alpha value is -4.21. The number of aromatic nitrogens is 3. The first-order valence-corrected chi connectivity index (χ1v) is 10.1. The lowest BCUT2D eigenvalue weighted by Crippen LogP contribution is -2.05. The van der Waals surface area contributed by atoms with Gasteiger partial charge >= 0.3 is 0 Å². The van der Waals surface area contributed by atoms with Crippen molar-refractivity contribution in [3.05, 3.63) is 90.4 Å². The summed E-state index contributed by atoms with van der Waals surface area (Å²) >= 11 is 0. The van der Waals surface area contributed by atoms with Crippen molar-refractivity contribution in [3.63, 3.8) is 0 Å². The van der Waals surface area contributed by atoms with Crippen LogP contribution >= 0.6 is 0 Å². The van der Waals surface area contributed by atoms with Crippen LogP contribution in [0.15, 0.2) is 79.3 Å². The van der Waals surface area contributed by atoms with Gasteiger partial charge < -0.3 is 5.32 Å². The van der Waals surface area contributed by atoms with E-state index in [0.717, 1.165) is 44.2 Å². The Morgan fingerprint density at radius 2 is 1.68 bits per heavy atom. The average molecular weight is 404 g/mol. The van der Waals surface area contributed by atoms with Gasteiger partial charge in [-0.05, 0) is 28.8 Å². The third-order valence-corrected chi connectivity index (χ3v) is 5.58. The number of fused-ring (bicyclic) bond motifs is 2. The normalized spacial score (nSPS) is 10.9. The first-order valence-electron chi connectivity index (χ1n) is 10.1. The highest BCUT2D eigenvalue weighted by Crippen LogP contribution is 2.34. The number of nitrogens with zero attached hydrogens (tertiary/aromatic N) is 3. The molecule has 1 N–H and O–H groups in total. The van der Waals surface area contributed by atoms with Crippen molar-refractivity contribution in [1.29, 1.82) is 0 Å². The second-order valence-corrected chi connectivity index (χ2v) is 7.47. The fourth-order valence-electron chi connectivity index (χ4n) is 3.95. The summed E-state index contributed by atoms with van der Waals surface area (Å²) in [5.74, 6) is 2.00. The molecule has 0 atom stereocenters. The van der Waals surface area contributed by atoms with E-state index in [2.05, 4.69) is 47.7 Å². The Morgan fingerprint density at radius 1 is 0.903 bits per heavy atom. The van der Waals surface area contributed by atoms with Gasteiger partial charge in [0.2, 0.25) is 0 Å². The lowest BCUT2D eigenvalue weighted by atomic mass is 9.95. The van der Waals surface area contributed by atoms with Crippen LogP contribution in [0.25, 0.3) is 44.4 Å². The highest BCUT2D eigenvalue weighted by molar-refractivity contribution is 6.06. The number of rotatable bonds is 4. The fraction of sp³-hybridized carbons (Fsp3) is 0.0769. The molecule has 0 unspecified atom stereocenters. The van der Waals surface area contributed by atoms with E-state index in [-0.39, 0.29) is 0 Å². The van der Waals surface area contributed by atoms with E-state index >= 15 is 0 Å². The second kappa shape index (κ2) is 7.56. The topological polar surface area (TPSA) is 59.3 Å². The van der Waals surface area contributed by atoms with Crippen LogP contribution in [0, 0.1) is 6.92 Å². The molecular weight excluding hydrogens is 384 g/mol. The molecule has 5 aromatic rings. The first-order chi connectivity index (χ1) is 15.2. The molecule has 5 nitrogen and oxygen atoms in total. The van der Waals surface area contributed by atoms with Crippen LogP contribution in [0.3, 0.4) is 0 Å². The Morgan fingerprint density at radius 3 is 2.42 bits per heavy atom. The zero-order valence-corrected chi connectivity index (χ0v) is 17.3. The maximum Gasteiger partial charge on any atom is 0.162 e. The predicted molar refractivity (Wildman–Crippen MR) is 124 cm³/mol. The van der Waals surface area contributed by atoms with Gasteiger partial charge in [-0.1, -0.05) is 66.2 Å². The molecule has 0 aliphatic heterocycles. The molecule has 5 heteroatoms. The third kappa shape index (κ3) is 3.18. The van der Waals surface area contributed by atoms with Crippen LogP contribution in [0.1, 0.15) is 11.1 Å². The highest BCUT2D eigenvalue weighted by Gasteiger charge is 2.15. The Bertz CT molecular complexity index is 1480. The maximum atomic E-state index is 11.4. The quantitative estimate of drug-likeness (QED) is 0.432. The van der Waals surface area contributed by atoms with E-state index in [1.807, 2.05) is 59.4 Å². The molecule has 0 spiro atoms. The minimum atomic E-state index is 0.434. The first kappa shape index (κ1) is 18.8. The van der Waals surface area contributed by atoms with Crippen molar-refractivity contribution >= 4 is 28.1 Å². The Balaban J connectivity index is 1.67. The zero-order chi connectivity index (χ0) is 21.4. The number of hydrogen-bond acceptors (Lipinski definition) is 4. The SMILES string of the molecule is CNC(=C=O)c1ccc(-c2cnn3cc(-c4ccc(C)cc4)cnc23)c2ccccc12. The molecule has 150 valence electrons. The van der Waals surface area contributed by atoms with Crippen molar-refractivity contribution in [3.8, 4) is 22.3 Å². The molecule has 5 rings (SSSR count). The van der Waals surface area contributed by atoms with E-state index in [0.29, 0.717) is 5.70 Å². The predicted octanol–water partition coefficient (Wildman–Crippen LogP) is 4.92. The Kier molecular flexibility index (Phi) is 4.58. The van der Waals surface area contributed by atoms with Gasteiger partial charge in [-0.15, -0.1) is 0 Å². The van der Waals surface area contributed by atoms with E-state index in [9.17, 15) is 4.79 Å². The molecule has 0 aliphatic rings. The summed E-state index contributed by atoms with van der Waals surface area (Å²) in [6.45, 7) is 2.07. The maximum absolute atomic E-state index is 11.4. The van der Waals surface area contributed by atoms with Gasteiger partial charge in [-0.2, -0.15) is 5.10 Å². The van der Waals surface area contributed by atoms with Crippen LogP contribution in [-0.4, -0.2) is 27.6 Å². The van der Waals surface area contributed by atoms with Crippen LogP contribution in [0.5, 0.6) is 0 Å². The Labute approximate surface area is 179 Å². The van der Waals surface area contributed by atoms with Crippen molar-refractivity contribution in [1.82, 2.24) is 19.9 Å². The second-order valence-electron chi connectivity index (χ2n) is 7.47. The lowest BCUT2D eigenvalue weighted by molar-refractivity contribution is 0.568. The van der Waals surface area contributed by atoms with E-state index in [1.54, 1.807) is 7.05 Å². The summed E-state index contributed by atoms with van der Waals surface area (Å²) in [6, 6.07) is 20.3. The van der Waals surface area contributed by atoms with Crippen LogP contribution in [0.2, 0.25) is 0 Å². The van der Waals surface area contributed by atoms with Crippen molar-refractivity contribution < 1.29 is 4.79 Å². The van der Waals surface area contributed by atoms with Gasteiger partial charge in [-0.3, -0.25) is 0 Å². The van der Waals surface area contributed by atoms with Crippen molar-refractivity contribution in [2.75, 3.05) is 7.05 Å². The molecule has 0 amide bonds. The average Bonchev–Trinajstić information content (AvgIpc) is 3.23. The van der Waals surface area contributed by atoms with Crippen LogP contribution in [-0.2, 0) is 4.79 Å². The smallest absolute Gasteiger partial charge is 0.162 e. The van der Waals surface area contributed by atoms with Gasteiger partial charge in [0, 0.05) is 36.1 Å². The summed E-state index contributed by atoms with van der Waals surface area (Å²) in [4.78, 5) is 16.1. The van der Waals surface area contributed by atoms with E-state index in [1.165, 1.54) is 5.56 Å². The molecule has 0 saturated carbocycles. The molecule has 2 aromatic heterocycles. The minimum Gasteiger partial charge on any atom is -0.379 e. The number of hydrogen-bond donors (Lipinski definition) is 1. The monoisotopic (exact) mass is 404 g/mol. The zero-order valence-electron chi connectivity index (χ0n) is 17.3. The summed E-state index contributed by atoms with van der Waals surface area (Å²) < 4.78 is 1.82. The summed E-state index contributed by atoms with van der Waals surface area (Å²) in [5, 5.41) is 9.51. The van der Waals surface area contributed by atoms with E-state index in [4.69, 9.17) is 4.98 Å². The van der Waals surface area contributed by atoms with Gasteiger partial charge in [0.15, 0.2) is 11.6 Å². The van der Waals surface area contributed by atoms with Crippen LogP contribution < -0.4 is 5.32 Å². The number of benzene rings is 3. The van der Waals surface area contributed by atoms with Gasteiger partial charge in [0.25, 0.3) is 0 Å². The fourth-order valence-corrected chi connectivity index (χ4v) is 3.95. The lowest BCUT2D eigenvalue weighted by Gasteiger charge is -2.11. The van der Waals surface area contributed by atoms with Gasteiger partial charge in [0.05, 0.1) is 6.20 Å².